The first kappa shape index (κ1) is 9.01. The maximum atomic E-state index is 3.49. The molecular formula is C9H20N2. The number of nitrogens with zero attached hydrogens (tertiary/aromatic N) is 1. The van der Waals surface area contributed by atoms with Crippen molar-refractivity contribution in [3.05, 3.63) is 0 Å². The van der Waals surface area contributed by atoms with Crippen molar-refractivity contribution in [2.75, 3.05) is 19.8 Å². The highest BCUT2D eigenvalue weighted by atomic mass is 15.2. The average molecular weight is 156 g/mol. The summed E-state index contributed by atoms with van der Waals surface area (Å²) in [6.45, 7) is 10.3. The van der Waals surface area contributed by atoms with Crippen LogP contribution in [0.4, 0.5) is 0 Å². The third-order valence-electron chi connectivity index (χ3n) is 2.03. The molecule has 0 aromatic rings. The van der Waals surface area contributed by atoms with Crippen LogP contribution in [0.1, 0.15) is 33.6 Å². The van der Waals surface area contributed by atoms with Gasteiger partial charge in [0.25, 0.3) is 0 Å². The first-order chi connectivity index (χ1) is 5.08. The van der Waals surface area contributed by atoms with Crippen LogP contribution >= 0.6 is 0 Å². The van der Waals surface area contributed by atoms with E-state index >= 15 is 0 Å². The van der Waals surface area contributed by atoms with Crippen LogP contribution in [-0.4, -0.2) is 30.2 Å². The predicted molar refractivity (Wildman–Crippen MR) is 48.6 cm³/mol. The van der Waals surface area contributed by atoms with Crippen LogP contribution < -0.4 is 5.32 Å². The largest absolute Gasteiger partial charge is 0.300 e. The SMILES string of the molecule is CC(C)(C)NCN1CCCC1. The van der Waals surface area contributed by atoms with E-state index in [9.17, 15) is 0 Å². The van der Waals surface area contributed by atoms with Crippen molar-refractivity contribution in [3.8, 4) is 0 Å². The summed E-state index contributed by atoms with van der Waals surface area (Å²) in [5, 5.41) is 3.49. The number of hydrogen-bond donors (Lipinski definition) is 1. The number of rotatable bonds is 2. The second kappa shape index (κ2) is 3.55. The Balaban J connectivity index is 2.11. The van der Waals surface area contributed by atoms with Gasteiger partial charge in [0.1, 0.15) is 0 Å². The third-order valence-corrected chi connectivity index (χ3v) is 2.03. The lowest BCUT2D eigenvalue weighted by atomic mass is 10.1. The van der Waals surface area contributed by atoms with Gasteiger partial charge in [-0.1, -0.05) is 0 Å². The van der Waals surface area contributed by atoms with E-state index in [2.05, 4.69) is 31.0 Å². The van der Waals surface area contributed by atoms with Crippen LogP contribution in [0.25, 0.3) is 0 Å². The molecule has 11 heavy (non-hydrogen) atoms. The van der Waals surface area contributed by atoms with Crippen LogP contribution in [0.15, 0.2) is 0 Å². The van der Waals surface area contributed by atoms with E-state index in [0.29, 0.717) is 0 Å². The topological polar surface area (TPSA) is 15.3 Å². The quantitative estimate of drug-likeness (QED) is 0.650. The zero-order chi connectivity index (χ0) is 8.32. The van der Waals surface area contributed by atoms with E-state index in [0.717, 1.165) is 6.67 Å². The average Bonchev–Trinajstić information content (AvgIpc) is 2.32. The molecule has 0 radical (unpaired) electrons. The van der Waals surface area contributed by atoms with Crippen molar-refractivity contribution < 1.29 is 0 Å². The fourth-order valence-electron chi connectivity index (χ4n) is 1.29. The van der Waals surface area contributed by atoms with Gasteiger partial charge in [0, 0.05) is 12.2 Å². The lowest BCUT2D eigenvalue weighted by Crippen LogP contribution is -2.43. The molecular weight excluding hydrogens is 136 g/mol. The van der Waals surface area contributed by atoms with E-state index < -0.39 is 0 Å². The molecule has 0 amide bonds. The molecule has 0 unspecified atom stereocenters. The van der Waals surface area contributed by atoms with Crippen molar-refractivity contribution in [1.82, 2.24) is 10.2 Å². The summed E-state index contributed by atoms with van der Waals surface area (Å²) in [5.41, 5.74) is 0.266. The summed E-state index contributed by atoms with van der Waals surface area (Å²) >= 11 is 0. The van der Waals surface area contributed by atoms with Crippen molar-refractivity contribution in [2.24, 2.45) is 0 Å². The molecule has 1 saturated heterocycles. The van der Waals surface area contributed by atoms with E-state index in [-0.39, 0.29) is 5.54 Å². The van der Waals surface area contributed by atoms with Gasteiger partial charge in [-0.3, -0.25) is 10.2 Å². The number of nitrogens with one attached hydrogen (secondary N) is 1. The van der Waals surface area contributed by atoms with Gasteiger partial charge in [-0.2, -0.15) is 0 Å². The second-order valence-corrected chi connectivity index (χ2v) is 4.41. The van der Waals surface area contributed by atoms with Crippen LogP contribution in [0, 0.1) is 0 Å². The minimum atomic E-state index is 0.266. The Morgan fingerprint density at radius 2 is 1.73 bits per heavy atom. The van der Waals surface area contributed by atoms with Crippen LogP contribution in [-0.2, 0) is 0 Å². The molecule has 2 nitrogen and oxygen atoms in total. The summed E-state index contributed by atoms with van der Waals surface area (Å²) in [6.07, 6.45) is 2.76. The van der Waals surface area contributed by atoms with E-state index in [4.69, 9.17) is 0 Å². The molecule has 1 rings (SSSR count). The Kier molecular flexibility index (Phi) is 2.90. The highest BCUT2D eigenvalue weighted by molar-refractivity contribution is 4.72. The summed E-state index contributed by atoms with van der Waals surface area (Å²) in [5.74, 6) is 0. The third kappa shape index (κ3) is 3.73. The van der Waals surface area contributed by atoms with Gasteiger partial charge in [-0.25, -0.2) is 0 Å². The Hall–Kier alpha value is -0.0800. The molecule has 0 saturated carbocycles. The molecule has 0 atom stereocenters. The highest BCUT2D eigenvalue weighted by Crippen LogP contribution is 2.06. The normalized spacial score (nSPS) is 21.0. The van der Waals surface area contributed by atoms with Crippen LogP contribution in [0.3, 0.4) is 0 Å². The van der Waals surface area contributed by atoms with Gasteiger partial charge in [0.2, 0.25) is 0 Å². The van der Waals surface area contributed by atoms with E-state index in [1.807, 2.05) is 0 Å². The molecule has 1 N–H and O–H groups in total. The van der Waals surface area contributed by atoms with Crippen molar-refractivity contribution in [2.45, 2.75) is 39.2 Å². The zero-order valence-electron chi connectivity index (χ0n) is 7.98. The van der Waals surface area contributed by atoms with Gasteiger partial charge in [0.05, 0.1) is 0 Å². The fraction of sp³-hybridized carbons (Fsp3) is 1.00. The van der Waals surface area contributed by atoms with Crippen molar-refractivity contribution >= 4 is 0 Å². The Labute approximate surface area is 70.0 Å². The molecule has 66 valence electrons. The Bertz CT molecular complexity index is 109. The Morgan fingerprint density at radius 1 is 1.18 bits per heavy atom. The molecule has 1 heterocycles. The maximum absolute atomic E-state index is 3.49. The summed E-state index contributed by atoms with van der Waals surface area (Å²) in [4.78, 5) is 2.48. The smallest absolute Gasteiger partial charge is 0.0484 e. The zero-order valence-corrected chi connectivity index (χ0v) is 7.98. The van der Waals surface area contributed by atoms with Crippen LogP contribution in [0.2, 0.25) is 0 Å². The molecule has 0 aromatic carbocycles. The molecule has 1 fully saturated rings. The lowest BCUT2D eigenvalue weighted by molar-refractivity contribution is 0.264. The number of hydrogen-bond acceptors (Lipinski definition) is 2. The van der Waals surface area contributed by atoms with Gasteiger partial charge in [-0.15, -0.1) is 0 Å². The monoisotopic (exact) mass is 156 g/mol. The summed E-state index contributed by atoms with van der Waals surface area (Å²) in [6, 6.07) is 0. The van der Waals surface area contributed by atoms with Crippen LogP contribution in [0.5, 0.6) is 0 Å². The molecule has 0 bridgehead atoms. The second-order valence-electron chi connectivity index (χ2n) is 4.41. The molecule has 1 aliphatic rings. The summed E-state index contributed by atoms with van der Waals surface area (Å²) < 4.78 is 0. The van der Waals surface area contributed by atoms with Gasteiger partial charge in [0.15, 0.2) is 0 Å². The van der Waals surface area contributed by atoms with Gasteiger partial charge < -0.3 is 0 Å². The Morgan fingerprint density at radius 3 is 2.18 bits per heavy atom. The van der Waals surface area contributed by atoms with Crippen molar-refractivity contribution in [3.63, 3.8) is 0 Å². The maximum Gasteiger partial charge on any atom is 0.0484 e. The molecule has 0 spiro atoms. The first-order valence-corrected chi connectivity index (χ1v) is 4.55. The lowest BCUT2D eigenvalue weighted by Gasteiger charge is -2.25. The van der Waals surface area contributed by atoms with Gasteiger partial charge >= 0.3 is 0 Å². The molecule has 0 aliphatic carbocycles. The summed E-state index contributed by atoms with van der Waals surface area (Å²) in [7, 11) is 0. The highest BCUT2D eigenvalue weighted by Gasteiger charge is 2.14. The van der Waals surface area contributed by atoms with E-state index in [1.54, 1.807) is 0 Å². The molecule has 1 aliphatic heterocycles. The minimum absolute atomic E-state index is 0.266. The fourth-order valence-corrected chi connectivity index (χ4v) is 1.29. The molecule has 2 heteroatoms. The van der Waals surface area contributed by atoms with E-state index in [1.165, 1.54) is 25.9 Å². The standard InChI is InChI=1S/C9H20N2/c1-9(2,3)10-8-11-6-4-5-7-11/h10H,4-8H2,1-3H3. The van der Waals surface area contributed by atoms with Crippen molar-refractivity contribution in [1.29, 1.82) is 0 Å². The minimum Gasteiger partial charge on any atom is -0.300 e. The first-order valence-electron chi connectivity index (χ1n) is 4.55. The predicted octanol–water partition coefficient (Wildman–Crippen LogP) is 1.43. The molecule has 0 aromatic heterocycles. The van der Waals surface area contributed by atoms with Gasteiger partial charge in [-0.05, 0) is 46.7 Å². The number of likely N-dealkylation sites (tertiary alicyclic amines) is 1.